The van der Waals surface area contributed by atoms with Crippen LogP contribution in [0.25, 0.3) is 32.0 Å². The van der Waals surface area contributed by atoms with Crippen LogP contribution in [-0.2, 0) is 20.8 Å². The first-order valence-electron chi connectivity index (χ1n) is 20.5. The van der Waals surface area contributed by atoms with E-state index in [9.17, 15) is 14.4 Å². The molecule has 296 valence electrons. The van der Waals surface area contributed by atoms with E-state index >= 15 is 0 Å². The van der Waals surface area contributed by atoms with Gasteiger partial charge in [0, 0.05) is 31.4 Å². The average Bonchev–Trinajstić information content (AvgIpc) is 4.11. The van der Waals surface area contributed by atoms with E-state index in [2.05, 4.69) is 60.8 Å². The van der Waals surface area contributed by atoms with Gasteiger partial charge in [-0.1, -0.05) is 129 Å². The van der Waals surface area contributed by atoms with E-state index in [-0.39, 0.29) is 35.7 Å². The molecular weight excluding hydrogens is 759 g/mol. The number of amides is 3. The maximum Gasteiger partial charge on any atom is 0.250 e. The Balaban J connectivity index is 0.919. The summed E-state index contributed by atoms with van der Waals surface area (Å²) in [6.45, 7) is 5.40. The first kappa shape index (κ1) is 39.4. The normalized spacial score (nSPS) is 17.6. The molecule has 8 nitrogen and oxygen atoms in total. The van der Waals surface area contributed by atoms with Crippen molar-refractivity contribution in [3.63, 3.8) is 0 Å². The largest absolute Gasteiger partial charge is 0.340 e. The number of nitrogens with one attached hydrogen (secondary N) is 1. The molecule has 0 spiro atoms. The molecule has 10 heteroatoms. The van der Waals surface area contributed by atoms with Gasteiger partial charge < -0.3 is 15.1 Å². The Hall–Kier alpha value is -5.45. The molecule has 0 aliphatic carbocycles. The fraction of sp³-hybridized carbons (Fsp3) is 0.312. The highest BCUT2D eigenvalue weighted by atomic mass is 32.1. The van der Waals surface area contributed by atoms with E-state index in [1.807, 2.05) is 89.8 Å². The van der Waals surface area contributed by atoms with Gasteiger partial charge in [-0.05, 0) is 65.5 Å². The molecule has 4 aromatic carbocycles. The van der Waals surface area contributed by atoms with Crippen molar-refractivity contribution in [1.29, 1.82) is 0 Å². The molecule has 0 saturated carbocycles. The van der Waals surface area contributed by atoms with Crippen molar-refractivity contribution in [3.05, 3.63) is 143 Å². The lowest BCUT2D eigenvalue weighted by Gasteiger charge is -2.29. The summed E-state index contributed by atoms with van der Waals surface area (Å²) in [6, 6.07) is 35.9. The van der Waals surface area contributed by atoms with E-state index in [1.165, 1.54) is 0 Å². The zero-order valence-electron chi connectivity index (χ0n) is 33.1. The number of hydrogen-bond acceptors (Lipinski definition) is 7. The molecule has 4 atom stereocenters. The maximum absolute atomic E-state index is 14.2. The monoisotopic (exact) mass is 807 g/mol. The highest BCUT2D eigenvalue weighted by molar-refractivity contribution is 7.15. The van der Waals surface area contributed by atoms with Crippen molar-refractivity contribution < 1.29 is 14.4 Å². The molecule has 2 saturated heterocycles. The third-order valence-corrected chi connectivity index (χ3v) is 13.7. The minimum absolute atomic E-state index is 0.0346. The minimum Gasteiger partial charge on any atom is -0.340 e. The second kappa shape index (κ2) is 18.0. The first-order chi connectivity index (χ1) is 28.4. The molecule has 2 aromatic heterocycles. The maximum atomic E-state index is 14.2. The standard InChI is InChI=1S/C48H49N5O3S2/c1-3-12-32(2)45(55)51-44(38-15-8-5-9-16-38)48(56)53-28-11-18-40(53)47-50-31-42(58-47)37-25-21-35(22-26-37)34-19-23-36(24-20-34)41-30-49-46(57-41)39-17-10-27-52(39)43(54)29-33-13-6-4-7-14-33/h4-9,13-16,19-26,30-32,39-40,44H,3,10-12,17-18,27-29H2,1-2H3,(H,51,55)/t32?,39-,40-,44+/m0/s1. The molecule has 2 aliphatic rings. The molecule has 58 heavy (non-hydrogen) atoms. The van der Waals surface area contributed by atoms with E-state index in [4.69, 9.17) is 9.97 Å². The van der Waals surface area contributed by atoms with Crippen LogP contribution in [0.4, 0.5) is 0 Å². The molecule has 0 radical (unpaired) electrons. The summed E-state index contributed by atoms with van der Waals surface area (Å²) in [6.07, 6.45) is 9.63. The van der Waals surface area contributed by atoms with Crippen LogP contribution >= 0.6 is 22.7 Å². The predicted molar refractivity (Wildman–Crippen MR) is 233 cm³/mol. The average molecular weight is 808 g/mol. The van der Waals surface area contributed by atoms with E-state index in [1.54, 1.807) is 22.7 Å². The molecule has 6 aromatic rings. The zero-order chi connectivity index (χ0) is 40.0. The van der Waals surface area contributed by atoms with Gasteiger partial charge in [-0.25, -0.2) is 9.97 Å². The second-order valence-corrected chi connectivity index (χ2v) is 17.5. The van der Waals surface area contributed by atoms with Gasteiger partial charge in [-0.2, -0.15) is 0 Å². The van der Waals surface area contributed by atoms with Gasteiger partial charge in [-0.3, -0.25) is 14.4 Å². The van der Waals surface area contributed by atoms with Crippen molar-refractivity contribution in [2.24, 2.45) is 5.92 Å². The number of likely N-dealkylation sites (tertiary alicyclic amines) is 2. The number of benzene rings is 4. The predicted octanol–water partition coefficient (Wildman–Crippen LogP) is 10.5. The molecule has 0 bridgehead atoms. The Kier molecular flexibility index (Phi) is 12.2. The van der Waals surface area contributed by atoms with Crippen molar-refractivity contribution in [3.8, 4) is 32.0 Å². The van der Waals surface area contributed by atoms with Crippen LogP contribution in [0.5, 0.6) is 0 Å². The van der Waals surface area contributed by atoms with E-state index in [0.717, 1.165) is 98.2 Å². The zero-order valence-corrected chi connectivity index (χ0v) is 34.7. The fourth-order valence-corrected chi connectivity index (χ4v) is 10.4. The number of hydrogen-bond donors (Lipinski definition) is 1. The van der Waals surface area contributed by atoms with Gasteiger partial charge in [0.1, 0.15) is 16.1 Å². The summed E-state index contributed by atoms with van der Waals surface area (Å²) in [5, 5.41) is 5.01. The van der Waals surface area contributed by atoms with E-state index in [0.29, 0.717) is 13.0 Å². The molecule has 1 N–H and O–H groups in total. The highest BCUT2D eigenvalue weighted by Crippen LogP contribution is 2.40. The van der Waals surface area contributed by atoms with Gasteiger partial charge >= 0.3 is 0 Å². The summed E-state index contributed by atoms with van der Waals surface area (Å²) in [5.41, 5.74) is 6.29. The number of carbonyl (C=O) groups excluding carboxylic acids is 3. The van der Waals surface area contributed by atoms with Crippen LogP contribution < -0.4 is 5.32 Å². The van der Waals surface area contributed by atoms with Crippen LogP contribution in [0, 0.1) is 5.92 Å². The molecule has 2 aliphatic heterocycles. The Morgan fingerprint density at radius 2 is 1.19 bits per heavy atom. The highest BCUT2D eigenvalue weighted by Gasteiger charge is 2.37. The summed E-state index contributed by atoms with van der Waals surface area (Å²) >= 11 is 3.31. The second-order valence-electron chi connectivity index (χ2n) is 15.4. The third-order valence-electron chi connectivity index (χ3n) is 11.4. The van der Waals surface area contributed by atoms with Gasteiger partial charge in [0.15, 0.2) is 0 Å². The number of nitrogens with zero attached hydrogens (tertiary/aromatic N) is 4. The number of aromatic nitrogens is 2. The van der Waals surface area contributed by atoms with Crippen LogP contribution in [0.1, 0.15) is 91.6 Å². The van der Waals surface area contributed by atoms with Crippen molar-refractivity contribution in [2.75, 3.05) is 13.1 Å². The summed E-state index contributed by atoms with van der Waals surface area (Å²) in [5.74, 6) is -0.177. The molecule has 3 amide bonds. The van der Waals surface area contributed by atoms with Crippen molar-refractivity contribution >= 4 is 40.4 Å². The summed E-state index contributed by atoms with van der Waals surface area (Å²) in [7, 11) is 0. The molecule has 2 fully saturated rings. The summed E-state index contributed by atoms with van der Waals surface area (Å²) < 4.78 is 0. The lowest BCUT2D eigenvalue weighted by Crippen LogP contribution is -2.44. The van der Waals surface area contributed by atoms with Crippen LogP contribution in [0.2, 0.25) is 0 Å². The molecule has 4 heterocycles. The fourth-order valence-electron chi connectivity index (χ4n) is 8.23. The van der Waals surface area contributed by atoms with E-state index < -0.39 is 6.04 Å². The van der Waals surface area contributed by atoms with Crippen LogP contribution in [0.15, 0.2) is 122 Å². The number of thiazole rings is 2. The van der Waals surface area contributed by atoms with Gasteiger partial charge in [0.05, 0.1) is 28.3 Å². The Morgan fingerprint density at radius 1 is 0.690 bits per heavy atom. The smallest absolute Gasteiger partial charge is 0.250 e. The molecular formula is C48H49N5O3S2. The number of carbonyl (C=O) groups is 3. The summed E-state index contributed by atoms with van der Waals surface area (Å²) in [4.78, 5) is 56.3. The third kappa shape index (κ3) is 8.68. The molecule has 1 unspecified atom stereocenters. The van der Waals surface area contributed by atoms with Crippen molar-refractivity contribution in [2.45, 2.75) is 76.9 Å². The van der Waals surface area contributed by atoms with Gasteiger partial charge in [0.2, 0.25) is 17.7 Å². The SMILES string of the molecule is CCCC(C)C(=O)N[C@@H](C(=O)N1CCC[C@H]1c1ncc(-c2ccc(-c3ccc(-c4cnc([C@@H]5CCCN5C(=O)Cc5ccccc5)s4)cc3)cc2)s1)c1ccccc1. The number of rotatable bonds is 13. The molecule has 8 rings (SSSR count). The van der Waals surface area contributed by atoms with Gasteiger partial charge in [-0.15, -0.1) is 22.7 Å². The Labute approximate surface area is 349 Å². The van der Waals surface area contributed by atoms with Crippen molar-refractivity contribution in [1.82, 2.24) is 25.1 Å². The lowest BCUT2D eigenvalue weighted by molar-refractivity contribution is -0.138. The quantitative estimate of drug-likeness (QED) is 0.125. The van der Waals surface area contributed by atoms with Crippen LogP contribution in [-0.4, -0.2) is 50.6 Å². The minimum atomic E-state index is -0.737. The Bertz CT molecular complexity index is 2320. The lowest BCUT2D eigenvalue weighted by atomic mass is 10.0. The Morgan fingerprint density at radius 3 is 1.74 bits per heavy atom. The topological polar surface area (TPSA) is 95.5 Å². The van der Waals surface area contributed by atoms with Crippen LogP contribution in [0.3, 0.4) is 0 Å². The first-order valence-corrected chi connectivity index (χ1v) is 22.1. The van der Waals surface area contributed by atoms with Gasteiger partial charge in [0.25, 0.3) is 0 Å².